The maximum absolute atomic E-state index is 11.0. The number of hydrogen-bond donors (Lipinski definition) is 0. The minimum absolute atomic E-state index is 0.0259. The molecule has 0 saturated carbocycles. The molecule has 0 atom stereocenters. The van der Waals surface area contributed by atoms with E-state index in [0.717, 1.165) is 26.2 Å². The zero-order valence-corrected chi connectivity index (χ0v) is 10.2. The van der Waals surface area contributed by atoms with Gasteiger partial charge in [0.25, 0.3) is 0 Å². The Labute approximate surface area is 104 Å². The fourth-order valence-corrected chi connectivity index (χ4v) is 2.17. The smallest absolute Gasteiger partial charge is 0.312 e. The summed E-state index contributed by atoms with van der Waals surface area (Å²) >= 11 is 6.02. The topological polar surface area (TPSA) is 62.5 Å². The molecule has 0 radical (unpaired) electrons. The third-order valence-electron chi connectivity index (χ3n) is 2.87. The van der Waals surface area contributed by atoms with E-state index in [2.05, 4.69) is 9.88 Å². The van der Waals surface area contributed by atoms with Gasteiger partial charge in [-0.15, -0.1) is 0 Å². The van der Waals surface area contributed by atoms with E-state index in [9.17, 15) is 10.1 Å². The lowest BCUT2D eigenvalue weighted by molar-refractivity contribution is -0.384. The van der Waals surface area contributed by atoms with Gasteiger partial charge >= 0.3 is 5.69 Å². The second-order valence-electron chi connectivity index (χ2n) is 4.04. The van der Waals surface area contributed by atoms with Crippen molar-refractivity contribution in [3.8, 4) is 0 Å². The van der Waals surface area contributed by atoms with Gasteiger partial charge in [-0.05, 0) is 7.05 Å². The molecule has 1 aliphatic rings. The molecular formula is C10H13ClN4O2. The quantitative estimate of drug-likeness (QED) is 0.591. The Morgan fingerprint density at radius 1 is 1.35 bits per heavy atom. The molecule has 0 N–H and O–H groups in total. The molecule has 17 heavy (non-hydrogen) atoms. The lowest BCUT2D eigenvalue weighted by Crippen LogP contribution is -2.44. The number of hydrogen-bond acceptors (Lipinski definition) is 5. The standard InChI is InChI=1S/C10H13ClN4O2/c1-13-2-4-14(5-3-13)10-8(11)6-12-7-9(10)15(16)17/h6-7H,2-5H2,1H3. The maximum Gasteiger partial charge on any atom is 0.312 e. The van der Waals surface area contributed by atoms with Gasteiger partial charge in [-0.25, -0.2) is 0 Å². The van der Waals surface area contributed by atoms with E-state index in [-0.39, 0.29) is 5.69 Å². The summed E-state index contributed by atoms with van der Waals surface area (Å²) in [5.74, 6) is 0. The van der Waals surface area contributed by atoms with E-state index in [4.69, 9.17) is 11.6 Å². The van der Waals surface area contributed by atoms with Crippen LogP contribution < -0.4 is 4.90 Å². The predicted octanol–water partition coefficient (Wildman–Crippen LogP) is 1.39. The van der Waals surface area contributed by atoms with Crippen LogP contribution in [0.5, 0.6) is 0 Å². The molecule has 2 heterocycles. The van der Waals surface area contributed by atoms with Crippen molar-refractivity contribution in [1.82, 2.24) is 9.88 Å². The van der Waals surface area contributed by atoms with E-state index >= 15 is 0 Å². The molecule has 0 aliphatic carbocycles. The molecule has 0 spiro atoms. The van der Waals surface area contributed by atoms with Crippen LogP contribution >= 0.6 is 11.6 Å². The zero-order valence-electron chi connectivity index (χ0n) is 9.47. The van der Waals surface area contributed by atoms with Crippen LogP contribution in [0.15, 0.2) is 12.4 Å². The minimum atomic E-state index is -0.438. The van der Waals surface area contributed by atoms with Gasteiger partial charge in [0, 0.05) is 32.4 Å². The van der Waals surface area contributed by atoms with Crippen LogP contribution in [0, 0.1) is 10.1 Å². The third-order valence-corrected chi connectivity index (χ3v) is 3.15. The molecule has 1 aromatic rings. The van der Waals surface area contributed by atoms with E-state index in [0.29, 0.717) is 10.7 Å². The van der Waals surface area contributed by atoms with Gasteiger partial charge in [0.1, 0.15) is 11.9 Å². The van der Waals surface area contributed by atoms with Crippen LogP contribution in [-0.2, 0) is 0 Å². The monoisotopic (exact) mass is 256 g/mol. The first-order valence-corrected chi connectivity index (χ1v) is 5.69. The molecule has 0 amide bonds. The molecule has 1 fully saturated rings. The number of halogens is 1. The number of rotatable bonds is 2. The Hall–Kier alpha value is -1.40. The summed E-state index contributed by atoms with van der Waals surface area (Å²) in [5.41, 5.74) is 0.460. The predicted molar refractivity (Wildman–Crippen MR) is 65.6 cm³/mol. The maximum atomic E-state index is 11.0. The third kappa shape index (κ3) is 2.48. The molecule has 92 valence electrons. The summed E-state index contributed by atoms with van der Waals surface area (Å²) in [7, 11) is 2.03. The Kier molecular flexibility index (Phi) is 3.44. The van der Waals surface area contributed by atoms with E-state index in [1.165, 1.54) is 12.4 Å². The van der Waals surface area contributed by atoms with Gasteiger partial charge in [-0.3, -0.25) is 15.1 Å². The fraction of sp³-hybridized carbons (Fsp3) is 0.500. The van der Waals surface area contributed by atoms with Crippen LogP contribution in [-0.4, -0.2) is 48.0 Å². The lowest BCUT2D eigenvalue weighted by Gasteiger charge is -2.33. The number of nitro groups is 1. The highest BCUT2D eigenvalue weighted by atomic mass is 35.5. The van der Waals surface area contributed by atoms with Crippen molar-refractivity contribution in [3.63, 3.8) is 0 Å². The van der Waals surface area contributed by atoms with E-state index in [1.54, 1.807) is 0 Å². The largest absolute Gasteiger partial charge is 0.362 e. The van der Waals surface area contributed by atoms with Crippen LogP contribution in [0.2, 0.25) is 5.02 Å². The number of pyridine rings is 1. The molecule has 1 aliphatic heterocycles. The molecule has 2 rings (SSSR count). The minimum Gasteiger partial charge on any atom is -0.362 e. The second kappa shape index (κ2) is 4.85. The summed E-state index contributed by atoms with van der Waals surface area (Å²) in [4.78, 5) is 18.4. The zero-order chi connectivity index (χ0) is 12.4. The van der Waals surface area contributed by atoms with Gasteiger partial charge in [0.15, 0.2) is 0 Å². The van der Waals surface area contributed by atoms with Crippen molar-refractivity contribution in [2.45, 2.75) is 0 Å². The number of likely N-dealkylation sites (N-methyl/N-ethyl adjacent to an activating group) is 1. The first-order valence-electron chi connectivity index (χ1n) is 5.31. The van der Waals surface area contributed by atoms with Crippen molar-refractivity contribution in [3.05, 3.63) is 27.5 Å². The first-order chi connectivity index (χ1) is 8.09. The van der Waals surface area contributed by atoms with Crippen molar-refractivity contribution in [2.75, 3.05) is 38.1 Å². The SMILES string of the molecule is CN1CCN(c2c(Cl)cncc2[N+](=O)[O-])CC1. The Balaban J connectivity index is 2.33. The lowest BCUT2D eigenvalue weighted by atomic mass is 10.2. The summed E-state index contributed by atoms with van der Waals surface area (Å²) in [6.45, 7) is 3.22. The molecule has 1 aromatic heterocycles. The summed E-state index contributed by atoms with van der Waals surface area (Å²) in [5, 5.41) is 11.3. The Morgan fingerprint density at radius 3 is 2.59 bits per heavy atom. The van der Waals surface area contributed by atoms with Gasteiger partial charge in [-0.2, -0.15) is 0 Å². The molecule has 0 aromatic carbocycles. The molecule has 0 bridgehead atoms. The average molecular weight is 257 g/mol. The van der Waals surface area contributed by atoms with Gasteiger partial charge < -0.3 is 9.80 Å². The summed E-state index contributed by atoms with van der Waals surface area (Å²) in [6, 6.07) is 0. The van der Waals surface area contributed by atoms with Crippen molar-refractivity contribution < 1.29 is 4.92 Å². The summed E-state index contributed by atoms with van der Waals surface area (Å²) in [6.07, 6.45) is 2.70. The van der Waals surface area contributed by atoms with Crippen LogP contribution in [0.1, 0.15) is 0 Å². The van der Waals surface area contributed by atoms with Gasteiger partial charge in [-0.1, -0.05) is 11.6 Å². The molecule has 0 unspecified atom stereocenters. The van der Waals surface area contributed by atoms with Gasteiger partial charge in [0.05, 0.1) is 9.95 Å². The van der Waals surface area contributed by atoms with Crippen molar-refractivity contribution in [1.29, 1.82) is 0 Å². The highest BCUT2D eigenvalue weighted by Crippen LogP contribution is 2.34. The highest BCUT2D eigenvalue weighted by Gasteiger charge is 2.25. The average Bonchev–Trinajstić information content (AvgIpc) is 2.30. The van der Waals surface area contributed by atoms with Crippen molar-refractivity contribution in [2.24, 2.45) is 0 Å². The second-order valence-corrected chi connectivity index (χ2v) is 4.44. The highest BCUT2D eigenvalue weighted by molar-refractivity contribution is 6.33. The fourth-order valence-electron chi connectivity index (χ4n) is 1.89. The molecular weight excluding hydrogens is 244 g/mol. The van der Waals surface area contributed by atoms with Crippen LogP contribution in [0.3, 0.4) is 0 Å². The summed E-state index contributed by atoms with van der Waals surface area (Å²) < 4.78 is 0. The van der Waals surface area contributed by atoms with Crippen LogP contribution in [0.4, 0.5) is 11.4 Å². The number of nitrogens with zero attached hydrogens (tertiary/aromatic N) is 4. The van der Waals surface area contributed by atoms with E-state index < -0.39 is 4.92 Å². The number of aromatic nitrogens is 1. The molecule has 7 heteroatoms. The first kappa shape index (κ1) is 12.1. The molecule has 1 saturated heterocycles. The Morgan fingerprint density at radius 2 is 2.00 bits per heavy atom. The number of anilines is 1. The van der Waals surface area contributed by atoms with Gasteiger partial charge in [0.2, 0.25) is 0 Å². The van der Waals surface area contributed by atoms with E-state index in [1.807, 2.05) is 11.9 Å². The number of piperazine rings is 1. The van der Waals surface area contributed by atoms with Crippen molar-refractivity contribution >= 4 is 23.0 Å². The Bertz CT molecular complexity index is 432. The normalized spacial score (nSPS) is 17.2. The van der Waals surface area contributed by atoms with Crippen LogP contribution in [0.25, 0.3) is 0 Å². The molecule has 6 nitrogen and oxygen atoms in total.